The van der Waals surface area contributed by atoms with E-state index in [2.05, 4.69) is 27.3 Å². The van der Waals surface area contributed by atoms with Crippen molar-refractivity contribution in [3.63, 3.8) is 0 Å². The van der Waals surface area contributed by atoms with E-state index >= 15 is 0 Å². The van der Waals surface area contributed by atoms with Crippen LogP contribution in [-0.2, 0) is 6.42 Å². The Morgan fingerprint density at radius 2 is 1.97 bits per heavy atom. The molecular weight excluding hydrogens is 392 g/mol. The first-order valence-corrected chi connectivity index (χ1v) is 10.2. The van der Waals surface area contributed by atoms with Gasteiger partial charge in [-0.1, -0.05) is 18.2 Å². The highest BCUT2D eigenvalue weighted by molar-refractivity contribution is 5.98. The van der Waals surface area contributed by atoms with Crippen molar-refractivity contribution in [1.29, 1.82) is 0 Å². The van der Waals surface area contributed by atoms with Crippen LogP contribution in [0.5, 0.6) is 11.5 Å². The van der Waals surface area contributed by atoms with Gasteiger partial charge in [0.25, 0.3) is 5.91 Å². The maximum atomic E-state index is 13.3. The molecule has 5 rings (SSSR count). The minimum absolute atomic E-state index is 0.0675. The zero-order valence-electron chi connectivity index (χ0n) is 17.7. The van der Waals surface area contributed by atoms with E-state index in [-0.39, 0.29) is 11.9 Å². The number of hydrogen-bond donors (Lipinski definition) is 2. The Morgan fingerprint density at radius 3 is 2.77 bits per heavy atom. The predicted molar refractivity (Wildman–Crippen MR) is 118 cm³/mol. The van der Waals surface area contributed by atoms with Crippen LogP contribution in [0.15, 0.2) is 48.7 Å². The Labute approximate surface area is 180 Å². The third kappa shape index (κ3) is 3.04. The van der Waals surface area contributed by atoms with Crippen LogP contribution in [0.4, 0.5) is 0 Å². The van der Waals surface area contributed by atoms with Crippen molar-refractivity contribution in [3.05, 3.63) is 76.7 Å². The first-order chi connectivity index (χ1) is 15.1. The largest absolute Gasteiger partial charge is 0.497 e. The molecule has 0 spiro atoms. The molecule has 0 fully saturated rings. The first-order valence-electron chi connectivity index (χ1n) is 10.2. The Hall–Kier alpha value is -3.74. The van der Waals surface area contributed by atoms with Crippen LogP contribution in [0.3, 0.4) is 0 Å². The van der Waals surface area contributed by atoms with Crippen molar-refractivity contribution in [2.24, 2.45) is 0 Å². The molecule has 31 heavy (non-hydrogen) atoms. The monoisotopic (exact) mass is 416 g/mol. The van der Waals surface area contributed by atoms with E-state index in [9.17, 15) is 4.79 Å². The number of amides is 1. The molecule has 1 amide bonds. The lowest BCUT2D eigenvalue weighted by molar-refractivity contribution is 0.0744. The molecule has 2 N–H and O–H groups in total. The number of nitrogens with one attached hydrogen (secondary N) is 2. The van der Waals surface area contributed by atoms with Crippen LogP contribution >= 0.6 is 0 Å². The summed E-state index contributed by atoms with van der Waals surface area (Å²) >= 11 is 0. The van der Waals surface area contributed by atoms with Crippen LogP contribution in [0.2, 0.25) is 0 Å². The molecule has 1 aliphatic rings. The molecule has 3 heterocycles. The smallest absolute Gasteiger partial charge is 0.275 e. The van der Waals surface area contributed by atoms with E-state index in [0.717, 1.165) is 28.8 Å². The molecule has 0 aliphatic carbocycles. The number of rotatable bonds is 6. The average molecular weight is 416 g/mol. The van der Waals surface area contributed by atoms with Gasteiger partial charge in [-0.15, -0.1) is 0 Å². The zero-order chi connectivity index (χ0) is 21.5. The minimum Gasteiger partial charge on any atom is -0.497 e. The second-order valence-electron chi connectivity index (χ2n) is 7.73. The van der Waals surface area contributed by atoms with Crippen molar-refractivity contribution < 1.29 is 14.3 Å². The van der Waals surface area contributed by atoms with Crippen LogP contribution in [0, 0.1) is 6.92 Å². The van der Waals surface area contributed by atoms with Crippen molar-refractivity contribution in [3.8, 4) is 11.5 Å². The molecule has 2 aromatic heterocycles. The lowest BCUT2D eigenvalue weighted by atomic mass is 9.97. The standard InChI is InChI=1S/C24H24N4O3/c1-14-21-22(27-26-14)24(29)28(11-10-15-13-25-19-7-5-4-6-17(15)19)23(21)18-9-8-16(30-2)12-20(18)31-3/h4-9,12-13,23,25H,10-11H2,1-3H3,(H,26,27). The Balaban J connectivity index is 1.53. The molecule has 0 saturated carbocycles. The van der Waals surface area contributed by atoms with E-state index in [1.54, 1.807) is 14.2 Å². The van der Waals surface area contributed by atoms with Crippen molar-refractivity contribution in [1.82, 2.24) is 20.1 Å². The number of nitrogens with zero attached hydrogens (tertiary/aromatic N) is 2. The molecule has 1 aliphatic heterocycles. The predicted octanol–water partition coefficient (Wildman–Crippen LogP) is 4.00. The summed E-state index contributed by atoms with van der Waals surface area (Å²) in [5, 5.41) is 8.46. The SMILES string of the molecule is COc1ccc(C2c3c(n[nH]c3C)C(=O)N2CCc2c[nH]c3ccccc23)c(OC)c1. The van der Waals surface area contributed by atoms with E-state index in [4.69, 9.17) is 9.47 Å². The van der Waals surface area contributed by atoms with Crippen LogP contribution in [0.25, 0.3) is 10.9 Å². The highest BCUT2D eigenvalue weighted by Crippen LogP contribution is 2.43. The summed E-state index contributed by atoms with van der Waals surface area (Å²) in [6.45, 7) is 2.52. The van der Waals surface area contributed by atoms with Crippen molar-refractivity contribution in [2.75, 3.05) is 20.8 Å². The summed E-state index contributed by atoms with van der Waals surface area (Å²) in [6, 6.07) is 13.7. The van der Waals surface area contributed by atoms with Gasteiger partial charge in [0.2, 0.25) is 0 Å². The van der Waals surface area contributed by atoms with E-state index < -0.39 is 0 Å². The number of aryl methyl sites for hydroxylation is 1. The van der Waals surface area contributed by atoms with Gasteiger partial charge in [-0.3, -0.25) is 9.89 Å². The van der Waals surface area contributed by atoms with E-state index in [1.807, 2.05) is 48.4 Å². The summed E-state index contributed by atoms with van der Waals surface area (Å²) in [5.41, 5.74) is 5.49. The number of H-pyrrole nitrogens is 2. The molecule has 158 valence electrons. The highest BCUT2D eigenvalue weighted by Gasteiger charge is 2.42. The number of carbonyl (C=O) groups excluding carboxylic acids is 1. The molecule has 2 aromatic carbocycles. The molecule has 0 radical (unpaired) electrons. The third-order valence-corrected chi connectivity index (χ3v) is 6.08. The van der Waals surface area contributed by atoms with Gasteiger partial charge in [0.15, 0.2) is 5.69 Å². The quantitative estimate of drug-likeness (QED) is 0.498. The summed E-state index contributed by atoms with van der Waals surface area (Å²) in [7, 11) is 3.26. The molecule has 7 nitrogen and oxygen atoms in total. The number of para-hydroxylation sites is 1. The van der Waals surface area contributed by atoms with E-state index in [0.29, 0.717) is 23.7 Å². The number of fused-ring (bicyclic) bond motifs is 2. The number of carbonyl (C=O) groups is 1. The fourth-order valence-electron chi connectivity index (χ4n) is 4.52. The topological polar surface area (TPSA) is 83.2 Å². The summed E-state index contributed by atoms with van der Waals surface area (Å²) in [4.78, 5) is 18.5. The second kappa shape index (κ2) is 7.50. The Morgan fingerprint density at radius 1 is 1.13 bits per heavy atom. The van der Waals surface area contributed by atoms with Crippen LogP contribution in [-0.4, -0.2) is 46.8 Å². The lowest BCUT2D eigenvalue weighted by Crippen LogP contribution is -2.31. The summed E-state index contributed by atoms with van der Waals surface area (Å²) in [6.07, 6.45) is 2.76. The zero-order valence-corrected chi connectivity index (χ0v) is 17.7. The number of aromatic amines is 2. The van der Waals surface area contributed by atoms with Crippen LogP contribution in [0.1, 0.15) is 38.9 Å². The van der Waals surface area contributed by atoms with Gasteiger partial charge in [-0.2, -0.15) is 5.10 Å². The molecule has 0 saturated heterocycles. The number of benzene rings is 2. The number of methoxy groups -OCH3 is 2. The number of hydrogen-bond acceptors (Lipinski definition) is 4. The minimum atomic E-state index is -0.271. The molecular formula is C24H24N4O3. The highest BCUT2D eigenvalue weighted by atomic mass is 16.5. The Bertz CT molecular complexity index is 1270. The van der Waals surface area contributed by atoms with Gasteiger partial charge in [0.05, 0.1) is 20.3 Å². The third-order valence-electron chi connectivity index (χ3n) is 6.08. The number of aromatic nitrogens is 3. The van der Waals surface area contributed by atoms with Gasteiger partial charge in [-0.25, -0.2) is 0 Å². The maximum absolute atomic E-state index is 13.3. The lowest BCUT2D eigenvalue weighted by Gasteiger charge is -2.27. The summed E-state index contributed by atoms with van der Waals surface area (Å²) in [5.74, 6) is 1.32. The van der Waals surface area contributed by atoms with Gasteiger partial charge < -0.3 is 19.4 Å². The molecule has 1 unspecified atom stereocenters. The second-order valence-corrected chi connectivity index (χ2v) is 7.73. The maximum Gasteiger partial charge on any atom is 0.275 e. The van der Waals surface area contributed by atoms with Gasteiger partial charge in [-0.05, 0) is 37.1 Å². The van der Waals surface area contributed by atoms with Gasteiger partial charge in [0.1, 0.15) is 11.5 Å². The summed E-state index contributed by atoms with van der Waals surface area (Å²) < 4.78 is 11.0. The fraction of sp³-hybridized carbons (Fsp3) is 0.250. The molecule has 4 aromatic rings. The van der Waals surface area contributed by atoms with Gasteiger partial charge >= 0.3 is 0 Å². The molecule has 1 atom stereocenters. The molecule has 0 bridgehead atoms. The van der Waals surface area contributed by atoms with Crippen molar-refractivity contribution in [2.45, 2.75) is 19.4 Å². The molecule has 7 heteroatoms. The van der Waals surface area contributed by atoms with E-state index in [1.165, 1.54) is 10.9 Å². The normalized spacial score (nSPS) is 15.5. The van der Waals surface area contributed by atoms with Crippen LogP contribution < -0.4 is 9.47 Å². The average Bonchev–Trinajstić information content (AvgIpc) is 3.46. The Kier molecular flexibility index (Phi) is 4.66. The first kappa shape index (κ1) is 19.2. The van der Waals surface area contributed by atoms with Crippen molar-refractivity contribution >= 4 is 16.8 Å². The fourth-order valence-corrected chi connectivity index (χ4v) is 4.52. The van der Waals surface area contributed by atoms with Gasteiger partial charge in [0, 0.05) is 46.5 Å². The number of ether oxygens (including phenoxy) is 2.